The van der Waals surface area contributed by atoms with Crippen LogP contribution in [0.1, 0.15) is 18.1 Å². The number of fused-ring (bicyclic) bond motifs is 1. The molecule has 3 N–H and O–H groups in total. The summed E-state index contributed by atoms with van der Waals surface area (Å²) in [6.07, 6.45) is 1.58. The number of anilines is 1. The molecule has 18 heavy (non-hydrogen) atoms. The zero-order chi connectivity index (χ0) is 13.1. The van der Waals surface area contributed by atoms with E-state index in [0.717, 1.165) is 11.1 Å². The highest BCUT2D eigenvalue weighted by molar-refractivity contribution is 5.65. The maximum Gasteiger partial charge on any atom is 0.407 e. The number of aliphatic hydroxyl groups excluding tert-OH is 1. The van der Waals surface area contributed by atoms with Crippen molar-refractivity contribution < 1.29 is 15.0 Å². The second kappa shape index (κ2) is 5.22. The zero-order valence-electron chi connectivity index (χ0n) is 10.3. The standard InChI is InChI=1S/C12H17N3O3/c1-8(7-16)14-11-4-10-6-15(12(17)18)3-2-9(10)5-13-11/h4-5,8,16H,2-3,6-7H2,1H3,(H,13,14)(H,17,18)/t8-/m0/s1. The summed E-state index contributed by atoms with van der Waals surface area (Å²) >= 11 is 0. The molecule has 0 unspecified atom stereocenters. The smallest absolute Gasteiger partial charge is 0.407 e. The molecular formula is C12H17N3O3. The molecule has 1 aromatic rings. The number of aromatic nitrogens is 1. The Kier molecular flexibility index (Phi) is 3.66. The summed E-state index contributed by atoms with van der Waals surface area (Å²) in [5.41, 5.74) is 2.07. The zero-order valence-corrected chi connectivity index (χ0v) is 10.3. The number of amides is 1. The number of carboxylic acid groups (broad SMARTS) is 1. The van der Waals surface area contributed by atoms with Crippen molar-refractivity contribution in [2.75, 3.05) is 18.5 Å². The summed E-state index contributed by atoms with van der Waals surface area (Å²) in [4.78, 5) is 16.6. The van der Waals surface area contributed by atoms with E-state index in [1.807, 2.05) is 13.0 Å². The third-order valence-corrected chi connectivity index (χ3v) is 3.03. The third-order valence-electron chi connectivity index (χ3n) is 3.03. The van der Waals surface area contributed by atoms with Gasteiger partial charge in [0, 0.05) is 25.3 Å². The second-order valence-corrected chi connectivity index (χ2v) is 4.52. The molecule has 0 saturated carbocycles. The van der Waals surface area contributed by atoms with Crippen molar-refractivity contribution in [1.29, 1.82) is 0 Å². The maximum atomic E-state index is 10.9. The number of hydrogen-bond donors (Lipinski definition) is 3. The van der Waals surface area contributed by atoms with Gasteiger partial charge in [-0.2, -0.15) is 0 Å². The number of pyridine rings is 1. The van der Waals surface area contributed by atoms with Gasteiger partial charge in [-0.3, -0.25) is 0 Å². The van der Waals surface area contributed by atoms with Crippen LogP contribution in [-0.4, -0.2) is 45.4 Å². The Hall–Kier alpha value is -1.82. The quantitative estimate of drug-likeness (QED) is 0.743. The molecule has 0 aliphatic carbocycles. The Balaban J connectivity index is 2.15. The largest absolute Gasteiger partial charge is 0.465 e. The average molecular weight is 251 g/mol. The van der Waals surface area contributed by atoms with Crippen molar-refractivity contribution in [2.24, 2.45) is 0 Å². The Morgan fingerprint density at radius 3 is 3.06 bits per heavy atom. The molecule has 0 radical (unpaired) electrons. The summed E-state index contributed by atoms with van der Waals surface area (Å²) in [6, 6.07) is 1.78. The van der Waals surface area contributed by atoms with Crippen LogP contribution in [0.4, 0.5) is 10.6 Å². The molecule has 1 aromatic heterocycles. The molecular weight excluding hydrogens is 234 g/mol. The number of rotatable bonds is 3. The Labute approximate surface area is 105 Å². The van der Waals surface area contributed by atoms with Gasteiger partial charge in [-0.15, -0.1) is 0 Å². The van der Waals surface area contributed by atoms with Gasteiger partial charge < -0.3 is 20.4 Å². The van der Waals surface area contributed by atoms with Crippen molar-refractivity contribution in [3.8, 4) is 0 Å². The summed E-state index contributed by atoms with van der Waals surface area (Å²) in [6.45, 7) is 2.80. The number of nitrogens with zero attached hydrogens (tertiary/aromatic N) is 2. The predicted octanol–water partition coefficient (Wildman–Crippen LogP) is 0.910. The van der Waals surface area contributed by atoms with Crippen LogP contribution in [-0.2, 0) is 13.0 Å². The molecule has 2 heterocycles. The molecule has 1 amide bonds. The fourth-order valence-electron chi connectivity index (χ4n) is 1.98. The molecule has 1 aliphatic heterocycles. The number of nitrogens with one attached hydrogen (secondary N) is 1. The number of aliphatic hydroxyl groups is 1. The fraction of sp³-hybridized carbons (Fsp3) is 0.500. The minimum absolute atomic E-state index is 0.0278. The first-order chi connectivity index (χ1) is 8.60. The van der Waals surface area contributed by atoms with Crippen molar-refractivity contribution in [3.63, 3.8) is 0 Å². The molecule has 0 fully saturated rings. The highest BCUT2D eigenvalue weighted by Gasteiger charge is 2.20. The topological polar surface area (TPSA) is 85.7 Å². The van der Waals surface area contributed by atoms with E-state index in [4.69, 9.17) is 10.2 Å². The number of hydrogen-bond acceptors (Lipinski definition) is 4. The van der Waals surface area contributed by atoms with Crippen molar-refractivity contribution in [2.45, 2.75) is 25.9 Å². The van der Waals surface area contributed by atoms with E-state index in [1.54, 1.807) is 6.20 Å². The molecule has 0 bridgehead atoms. The van der Waals surface area contributed by atoms with Gasteiger partial charge in [-0.05, 0) is 30.5 Å². The first-order valence-corrected chi connectivity index (χ1v) is 5.93. The van der Waals surface area contributed by atoms with Gasteiger partial charge in [0.2, 0.25) is 0 Å². The highest BCUT2D eigenvalue weighted by Crippen LogP contribution is 2.21. The van der Waals surface area contributed by atoms with Crippen molar-refractivity contribution >= 4 is 11.9 Å². The lowest BCUT2D eigenvalue weighted by atomic mass is 10.0. The molecule has 98 valence electrons. The van der Waals surface area contributed by atoms with Gasteiger partial charge in [0.25, 0.3) is 0 Å². The Bertz CT molecular complexity index is 450. The summed E-state index contributed by atoms with van der Waals surface area (Å²) in [5, 5.41) is 21.0. The van der Waals surface area contributed by atoms with Crippen molar-refractivity contribution in [1.82, 2.24) is 9.88 Å². The van der Waals surface area contributed by atoms with Gasteiger partial charge >= 0.3 is 6.09 Å². The van der Waals surface area contributed by atoms with Crippen LogP contribution in [0.5, 0.6) is 0 Å². The third kappa shape index (κ3) is 2.70. The highest BCUT2D eigenvalue weighted by atomic mass is 16.4. The minimum Gasteiger partial charge on any atom is -0.465 e. The van der Waals surface area contributed by atoms with Crippen LogP contribution in [0.25, 0.3) is 0 Å². The van der Waals surface area contributed by atoms with E-state index in [-0.39, 0.29) is 12.6 Å². The second-order valence-electron chi connectivity index (χ2n) is 4.52. The van der Waals surface area contributed by atoms with E-state index in [9.17, 15) is 4.79 Å². The molecule has 2 rings (SSSR count). The van der Waals surface area contributed by atoms with Gasteiger partial charge in [0.1, 0.15) is 5.82 Å². The maximum absolute atomic E-state index is 10.9. The first kappa shape index (κ1) is 12.6. The van der Waals surface area contributed by atoms with E-state index in [0.29, 0.717) is 25.3 Å². The van der Waals surface area contributed by atoms with Gasteiger partial charge in [0.15, 0.2) is 0 Å². The Morgan fingerprint density at radius 1 is 1.61 bits per heavy atom. The molecule has 6 heteroatoms. The van der Waals surface area contributed by atoms with Gasteiger partial charge in [0.05, 0.1) is 6.61 Å². The molecule has 0 spiro atoms. The normalized spacial score (nSPS) is 16.0. The lowest BCUT2D eigenvalue weighted by Crippen LogP contribution is -2.35. The van der Waals surface area contributed by atoms with Crippen LogP contribution < -0.4 is 5.32 Å². The molecule has 0 aromatic carbocycles. The SMILES string of the molecule is C[C@@H](CO)Nc1cc2c(cn1)CCN(C(=O)O)C2. The predicted molar refractivity (Wildman–Crippen MR) is 66.5 cm³/mol. The first-order valence-electron chi connectivity index (χ1n) is 5.93. The lowest BCUT2D eigenvalue weighted by molar-refractivity contribution is 0.140. The van der Waals surface area contributed by atoms with E-state index in [2.05, 4.69) is 10.3 Å². The summed E-state index contributed by atoms with van der Waals surface area (Å²) in [5.74, 6) is 0.669. The van der Waals surface area contributed by atoms with Gasteiger partial charge in [-0.25, -0.2) is 9.78 Å². The van der Waals surface area contributed by atoms with Crippen LogP contribution in [0.3, 0.4) is 0 Å². The average Bonchev–Trinajstić information content (AvgIpc) is 2.37. The fourth-order valence-corrected chi connectivity index (χ4v) is 1.98. The van der Waals surface area contributed by atoms with Gasteiger partial charge in [-0.1, -0.05) is 0 Å². The van der Waals surface area contributed by atoms with E-state index >= 15 is 0 Å². The van der Waals surface area contributed by atoms with Crippen LogP contribution in [0.2, 0.25) is 0 Å². The number of carbonyl (C=O) groups is 1. The molecule has 1 atom stereocenters. The van der Waals surface area contributed by atoms with E-state index < -0.39 is 6.09 Å². The monoisotopic (exact) mass is 251 g/mol. The Morgan fingerprint density at radius 2 is 2.39 bits per heavy atom. The molecule has 1 aliphatic rings. The van der Waals surface area contributed by atoms with Crippen LogP contribution >= 0.6 is 0 Å². The molecule has 0 saturated heterocycles. The van der Waals surface area contributed by atoms with Crippen molar-refractivity contribution in [3.05, 3.63) is 23.4 Å². The lowest BCUT2D eigenvalue weighted by Gasteiger charge is -2.26. The van der Waals surface area contributed by atoms with E-state index in [1.165, 1.54) is 4.90 Å². The molecule has 6 nitrogen and oxygen atoms in total. The van der Waals surface area contributed by atoms with Crippen LogP contribution in [0.15, 0.2) is 12.3 Å². The minimum atomic E-state index is -0.893. The van der Waals surface area contributed by atoms with Crippen LogP contribution in [0, 0.1) is 0 Å². The summed E-state index contributed by atoms with van der Waals surface area (Å²) in [7, 11) is 0. The summed E-state index contributed by atoms with van der Waals surface area (Å²) < 4.78 is 0.